The molecule has 3 nitrogen and oxygen atoms in total. The highest BCUT2D eigenvalue weighted by Crippen LogP contribution is 2.28. The number of hydrogen-bond donors (Lipinski definition) is 1. The molecule has 0 spiro atoms. The number of para-hydroxylation sites is 1. The number of furan rings is 1. The molecule has 0 amide bonds. The third-order valence-electron chi connectivity index (χ3n) is 4.46. The number of benzene rings is 1. The van der Waals surface area contributed by atoms with Crippen molar-refractivity contribution in [1.29, 1.82) is 0 Å². The molecule has 1 aromatic carbocycles. The Morgan fingerprint density at radius 2 is 2.15 bits per heavy atom. The predicted octanol–water partition coefficient (Wildman–Crippen LogP) is 3.44. The highest BCUT2D eigenvalue weighted by atomic mass is 16.4. The molecule has 1 saturated heterocycles. The van der Waals surface area contributed by atoms with Crippen molar-refractivity contribution >= 4 is 11.0 Å². The van der Waals surface area contributed by atoms with E-state index < -0.39 is 6.10 Å². The van der Waals surface area contributed by atoms with E-state index in [4.69, 9.17) is 4.42 Å². The van der Waals surface area contributed by atoms with E-state index in [1.807, 2.05) is 30.3 Å². The molecule has 1 fully saturated rings. The lowest BCUT2D eigenvalue weighted by Crippen LogP contribution is -2.27. The molecule has 2 unspecified atom stereocenters. The topological polar surface area (TPSA) is 36.6 Å². The Hall–Kier alpha value is -1.32. The number of fused-ring (bicyclic) bond motifs is 1. The second-order valence-corrected chi connectivity index (χ2v) is 6.25. The van der Waals surface area contributed by atoms with Gasteiger partial charge in [0, 0.05) is 18.5 Å². The fraction of sp³-hybridized carbons (Fsp3) is 0.529. The lowest BCUT2D eigenvalue weighted by atomic mass is 9.95. The minimum atomic E-state index is -0.534. The maximum atomic E-state index is 10.4. The number of aliphatic hydroxyl groups is 1. The molecule has 3 rings (SSSR count). The molecule has 0 bridgehead atoms. The smallest absolute Gasteiger partial charge is 0.135 e. The van der Waals surface area contributed by atoms with Gasteiger partial charge in [-0.1, -0.05) is 32.0 Å². The van der Waals surface area contributed by atoms with Gasteiger partial charge in [0.15, 0.2) is 0 Å². The Morgan fingerprint density at radius 1 is 1.35 bits per heavy atom. The number of hydrogen-bond acceptors (Lipinski definition) is 3. The molecule has 0 saturated carbocycles. The van der Waals surface area contributed by atoms with E-state index in [-0.39, 0.29) is 0 Å². The zero-order valence-electron chi connectivity index (χ0n) is 12.2. The molecular weight excluding hydrogens is 250 g/mol. The summed E-state index contributed by atoms with van der Waals surface area (Å²) < 4.78 is 5.74. The number of nitrogens with zero attached hydrogens (tertiary/aromatic N) is 1. The maximum absolute atomic E-state index is 10.4. The summed E-state index contributed by atoms with van der Waals surface area (Å²) in [5, 5.41) is 11.4. The molecule has 1 N–H and O–H groups in total. The van der Waals surface area contributed by atoms with Crippen molar-refractivity contribution in [2.45, 2.75) is 26.4 Å². The number of rotatable bonds is 4. The van der Waals surface area contributed by atoms with Crippen LogP contribution < -0.4 is 0 Å². The first-order valence-corrected chi connectivity index (χ1v) is 7.52. The van der Waals surface area contributed by atoms with Crippen molar-refractivity contribution in [3.8, 4) is 0 Å². The van der Waals surface area contributed by atoms with E-state index in [1.54, 1.807) is 0 Å². The van der Waals surface area contributed by atoms with Crippen LogP contribution in [0.2, 0.25) is 0 Å². The fourth-order valence-electron chi connectivity index (χ4n) is 3.07. The molecule has 2 aromatic rings. The van der Waals surface area contributed by atoms with Crippen LogP contribution in [0.5, 0.6) is 0 Å². The zero-order valence-corrected chi connectivity index (χ0v) is 12.2. The van der Waals surface area contributed by atoms with E-state index in [0.717, 1.165) is 35.9 Å². The largest absolute Gasteiger partial charge is 0.458 e. The summed E-state index contributed by atoms with van der Waals surface area (Å²) in [6.45, 7) is 7.41. The van der Waals surface area contributed by atoms with Gasteiger partial charge in [0.05, 0.1) is 0 Å². The Labute approximate surface area is 120 Å². The molecular formula is C17H23NO2. The second-order valence-electron chi connectivity index (χ2n) is 6.25. The number of β-amino-alcohol motifs (C(OH)–C–C–N with tert-alkyl or cyclic N) is 1. The SMILES string of the molecule is CC(C)C1CCN(CC(O)c2cc3ccccc3o2)C1. The molecule has 1 aromatic heterocycles. The van der Waals surface area contributed by atoms with Crippen molar-refractivity contribution in [2.75, 3.05) is 19.6 Å². The van der Waals surface area contributed by atoms with Gasteiger partial charge in [-0.3, -0.25) is 4.90 Å². The highest BCUT2D eigenvalue weighted by molar-refractivity contribution is 5.77. The normalized spacial score (nSPS) is 21.9. The molecule has 0 radical (unpaired) electrons. The zero-order chi connectivity index (χ0) is 14.1. The monoisotopic (exact) mass is 273 g/mol. The summed E-state index contributed by atoms with van der Waals surface area (Å²) in [5.41, 5.74) is 0.850. The van der Waals surface area contributed by atoms with Gasteiger partial charge in [0.2, 0.25) is 0 Å². The Balaban J connectivity index is 1.66. The number of aliphatic hydroxyl groups excluding tert-OH is 1. The van der Waals surface area contributed by atoms with Crippen molar-refractivity contribution in [3.05, 3.63) is 36.1 Å². The van der Waals surface area contributed by atoms with Crippen molar-refractivity contribution in [2.24, 2.45) is 11.8 Å². The Morgan fingerprint density at radius 3 is 2.85 bits per heavy atom. The lowest BCUT2D eigenvalue weighted by molar-refractivity contribution is 0.104. The van der Waals surface area contributed by atoms with Crippen LogP contribution in [0.25, 0.3) is 11.0 Å². The third-order valence-corrected chi connectivity index (χ3v) is 4.46. The van der Waals surface area contributed by atoms with Crippen LogP contribution in [-0.4, -0.2) is 29.6 Å². The highest BCUT2D eigenvalue weighted by Gasteiger charge is 2.27. The molecule has 20 heavy (non-hydrogen) atoms. The van der Waals surface area contributed by atoms with E-state index in [9.17, 15) is 5.11 Å². The van der Waals surface area contributed by atoms with Crippen LogP contribution in [0, 0.1) is 11.8 Å². The summed E-state index contributed by atoms with van der Waals surface area (Å²) >= 11 is 0. The molecule has 2 atom stereocenters. The minimum absolute atomic E-state index is 0.534. The first-order chi connectivity index (χ1) is 9.63. The van der Waals surface area contributed by atoms with Crippen LogP contribution in [0.4, 0.5) is 0 Å². The van der Waals surface area contributed by atoms with Crippen LogP contribution in [0.15, 0.2) is 34.7 Å². The lowest BCUT2D eigenvalue weighted by Gasteiger charge is -2.20. The predicted molar refractivity (Wildman–Crippen MR) is 80.6 cm³/mol. The van der Waals surface area contributed by atoms with Gasteiger partial charge in [0.25, 0.3) is 0 Å². The van der Waals surface area contributed by atoms with Crippen LogP contribution in [0.3, 0.4) is 0 Å². The molecule has 2 heterocycles. The quantitative estimate of drug-likeness (QED) is 0.927. The summed E-state index contributed by atoms with van der Waals surface area (Å²) in [7, 11) is 0. The average molecular weight is 273 g/mol. The Kier molecular flexibility index (Phi) is 3.81. The Bertz CT molecular complexity index is 542. The maximum Gasteiger partial charge on any atom is 0.135 e. The fourth-order valence-corrected chi connectivity index (χ4v) is 3.07. The first kappa shape index (κ1) is 13.7. The van der Waals surface area contributed by atoms with Crippen molar-refractivity contribution in [1.82, 2.24) is 4.90 Å². The van der Waals surface area contributed by atoms with Gasteiger partial charge in [-0.15, -0.1) is 0 Å². The van der Waals surface area contributed by atoms with E-state index in [0.29, 0.717) is 12.3 Å². The van der Waals surface area contributed by atoms with Gasteiger partial charge >= 0.3 is 0 Å². The van der Waals surface area contributed by atoms with Gasteiger partial charge in [-0.05, 0) is 36.9 Å². The number of likely N-dealkylation sites (tertiary alicyclic amines) is 1. The van der Waals surface area contributed by atoms with E-state index in [2.05, 4.69) is 18.7 Å². The van der Waals surface area contributed by atoms with Crippen LogP contribution >= 0.6 is 0 Å². The van der Waals surface area contributed by atoms with E-state index in [1.165, 1.54) is 6.42 Å². The van der Waals surface area contributed by atoms with Gasteiger partial charge in [-0.25, -0.2) is 0 Å². The first-order valence-electron chi connectivity index (χ1n) is 7.52. The van der Waals surface area contributed by atoms with E-state index >= 15 is 0 Å². The molecule has 0 aliphatic carbocycles. The molecule has 1 aliphatic rings. The van der Waals surface area contributed by atoms with Gasteiger partial charge in [0.1, 0.15) is 17.4 Å². The van der Waals surface area contributed by atoms with Crippen LogP contribution in [0.1, 0.15) is 32.1 Å². The molecule has 1 aliphatic heterocycles. The summed E-state index contributed by atoms with van der Waals surface area (Å²) in [5.74, 6) is 2.17. The van der Waals surface area contributed by atoms with Gasteiger partial charge < -0.3 is 9.52 Å². The standard InChI is InChI=1S/C17H23NO2/c1-12(2)14-7-8-18(10-14)11-15(19)17-9-13-5-3-4-6-16(13)20-17/h3-6,9,12,14-15,19H,7-8,10-11H2,1-2H3. The average Bonchev–Trinajstić information content (AvgIpc) is 3.04. The summed E-state index contributed by atoms with van der Waals surface area (Å²) in [6, 6.07) is 9.85. The van der Waals surface area contributed by atoms with Crippen molar-refractivity contribution in [3.63, 3.8) is 0 Å². The van der Waals surface area contributed by atoms with Crippen LogP contribution in [-0.2, 0) is 0 Å². The molecule has 3 heteroatoms. The second kappa shape index (κ2) is 5.58. The summed E-state index contributed by atoms with van der Waals surface area (Å²) in [4.78, 5) is 2.35. The minimum Gasteiger partial charge on any atom is -0.458 e. The third kappa shape index (κ3) is 2.74. The molecule has 108 valence electrons. The van der Waals surface area contributed by atoms with Crippen molar-refractivity contribution < 1.29 is 9.52 Å². The summed E-state index contributed by atoms with van der Waals surface area (Å²) in [6.07, 6.45) is 0.707. The van der Waals surface area contributed by atoms with Gasteiger partial charge in [-0.2, -0.15) is 0 Å².